The van der Waals surface area contributed by atoms with Gasteiger partial charge in [-0.1, -0.05) is 6.92 Å². The average Bonchev–Trinajstić information content (AvgIpc) is 2.26. The van der Waals surface area contributed by atoms with Crippen LogP contribution in [0.15, 0.2) is 0 Å². The Bertz CT molecular complexity index is 152. The lowest BCUT2D eigenvalue weighted by Crippen LogP contribution is -2.47. The molecule has 0 bridgehead atoms. The van der Waals surface area contributed by atoms with Gasteiger partial charge in [-0.2, -0.15) is 0 Å². The van der Waals surface area contributed by atoms with Gasteiger partial charge in [0.05, 0.1) is 6.10 Å². The van der Waals surface area contributed by atoms with E-state index >= 15 is 0 Å². The Labute approximate surface area is 87.8 Å². The maximum Gasteiger partial charge on any atom is 0.0698 e. The molecule has 0 aromatic rings. The molecular weight excluding hydrogens is 176 g/mol. The van der Waals surface area contributed by atoms with E-state index in [9.17, 15) is 0 Å². The smallest absolute Gasteiger partial charge is 0.0698 e. The van der Waals surface area contributed by atoms with Gasteiger partial charge in [-0.15, -0.1) is 0 Å². The van der Waals surface area contributed by atoms with Crippen LogP contribution in [0.4, 0.5) is 0 Å². The van der Waals surface area contributed by atoms with Crippen LogP contribution in [-0.4, -0.2) is 50.3 Å². The SMILES string of the molecule is CCNCC(C)N1CCCC(OC)C1. The summed E-state index contributed by atoms with van der Waals surface area (Å²) in [5.41, 5.74) is 0. The molecule has 1 saturated heterocycles. The van der Waals surface area contributed by atoms with Gasteiger partial charge in [0.15, 0.2) is 0 Å². The number of hydrogen-bond acceptors (Lipinski definition) is 3. The monoisotopic (exact) mass is 200 g/mol. The maximum absolute atomic E-state index is 5.41. The summed E-state index contributed by atoms with van der Waals surface area (Å²) in [6, 6.07) is 0.632. The molecule has 0 aromatic heterocycles. The molecule has 1 fully saturated rings. The van der Waals surface area contributed by atoms with Crippen LogP contribution in [0.25, 0.3) is 0 Å². The van der Waals surface area contributed by atoms with Crippen molar-refractivity contribution in [2.45, 2.75) is 38.8 Å². The van der Waals surface area contributed by atoms with E-state index in [1.165, 1.54) is 19.4 Å². The molecule has 0 spiro atoms. The maximum atomic E-state index is 5.41. The van der Waals surface area contributed by atoms with Gasteiger partial charge in [-0.05, 0) is 32.9 Å². The Balaban J connectivity index is 2.27. The molecule has 3 heteroatoms. The summed E-state index contributed by atoms with van der Waals surface area (Å²) in [5, 5.41) is 3.40. The molecule has 3 nitrogen and oxygen atoms in total. The number of nitrogens with zero attached hydrogens (tertiary/aromatic N) is 1. The van der Waals surface area contributed by atoms with Gasteiger partial charge < -0.3 is 10.1 Å². The fourth-order valence-corrected chi connectivity index (χ4v) is 2.04. The fourth-order valence-electron chi connectivity index (χ4n) is 2.04. The molecule has 0 aromatic carbocycles. The second kappa shape index (κ2) is 6.38. The predicted octanol–water partition coefficient (Wildman–Crippen LogP) is 1.10. The standard InChI is InChI=1S/C11H24N2O/c1-4-12-8-10(2)13-7-5-6-11(9-13)14-3/h10-12H,4-9H2,1-3H3. The second-order valence-electron chi connectivity index (χ2n) is 4.15. The zero-order valence-electron chi connectivity index (χ0n) is 9.75. The Morgan fingerprint density at radius 1 is 1.57 bits per heavy atom. The fraction of sp³-hybridized carbons (Fsp3) is 1.00. The molecule has 0 radical (unpaired) electrons. The van der Waals surface area contributed by atoms with E-state index in [4.69, 9.17) is 4.74 Å². The van der Waals surface area contributed by atoms with E-state index in [0.717, 1.165) is 19.6 Å². The molecule has 1 N–H and O–H groups in total. The van der Waals surface area contributed by atoms with Crippen LogP contribution in [0.3, 0.4) is 0 Å². The van der Waals surface area contributed by atoms with Crippen molar-refractivity contribution in [3.8, 4) is 0 Å². The van der Waals surface area contributed by atoms with Crippen LogP contribution in [0, 0.1) is 0 Å². The molecule has 1 aliphatic rings. The van der Waals surface area contributed by atoms with Crippen LogP contribution < -0.4 is 5.32 Å². The third-order valence-electron chi connectivity index (χ3n) is 3.06. The second-order valence-corrected chi connectivity index (χ2v) is 4.15. The first-order valence-corrected chi connectivity index (χ1v) is 5.75. The highest BCUT2D eigenvalue weighted by Gasteiger charge is 2.22. The van der Waals surface area contributed by atoms with Crippen molar-refractivity contribution in [3.05, 3.63) is 0 Å². The van der Waals surface area contributed by atoms with E-state index in [2.05, 4.69) is 24.1 Å². The lowest BCUT2D eigenvalue weighted by molar-refractivity contribution is 0.0176. The summed E-state index contributed by atoms with van der Waals surface area (Å²) in [5.74, 6) is 0. The van der Waals surface area contributed by atoms with Crippen LogP contribution in [0.1, 0.15) is 26.7 Å². The van der Waals surface area contributed by atoms with Gasteiger partial charge in [-0.25, -0.2) is 0 Å². The van der Waals surface area contributed by atoms with Crippen molar-refractivity contribution in [1.29, 1.82) is 0 Å². The molecule has 14 heavy (non-hydrogen) atoms. The molecule has 0 saturated carbocycles. The van der Waals surface area contributed by atoms with Gasteiger partial charge in [-0.3, -0.25) is 4.90 Å². The Hall–Kier alpha value is -0.120. The molecule has 1 aliphatic heterocycles. The van der Waals surface area contributed by atoms with Crippen molar-refractivity contribution in [3.63, 3.8) is 0 Å². The first kappa shape index (κ1) is 12.0. The highest BCUT2D eigenvalue weighted by molar-refractivity contribution is 4.78. The number of nitrogens with one attached hydrogen (secondary N) is 1. The molecule has 0 amide bonds. The van der Waals surface area contributed by atoms with Gasteiger partial charge >= 0.3 is 0 Å². The van der Waals surface area contributed by atoms with Crippen molar-refractivity contribution < 1.29 is 4.74 Å². The number of ether oxygens (including phenoxy) is 1. The van der Waals surface area contributed by atoms with Gasteiger partial charge in [0.2, 0.25) is 0 Å². The molecule has 2 unspecified atom stereocenters. The number of piperidine rings is 1. The summed E-state index contributed by atoms with van der Waals surface area (Å²) in [6.45, 7) is 8.93. The van der Waals surface area contributed by atoms with Crippen LogP contribution in [0.2, 0.25) is 0 Å². The zero-order valence-corrected chi connectivity index (χ0v) is 9.75. The summed E-state index contributed by atoms with van der Waals surface area (Å²) in [6.07, 6.45) is 2.95. The van der Waals surface area contributed by atoms with E-state index in [1.807, 2.05) is 7.11 Å². The molecule has 0 aliphatic carbocycles. The van der Waals surface area contributed by atoms with Crippen LogP contribution in [-0.2, 0) is 4.74 Å². The van der Waals surface area contributed by atoms with E-state index in [0.29, 0.717) is 12.1 Å². The number of rotatable bonds is 5. The van der Waals surface area contributed by atoms with E-state index < -0.39 is 0 Å². The topological polar surface area (TPSA) is 24.5 Å². The molecule has 1 rings (SSSR count). The largest absolute Gasteiger partial charge is 0.380 e. The molecular formula is C11H24N2O. The summed E-state index contributed by atoms with van der Waals surface area (Å²) < 4.78 is 5.41. The van der Waals surface area contributed by atoms with Gasteiger partial charge in [0.25, 0.3) is 0 Å². The first-order chi connectivity index (χ1) is 6.77. The van der Waals surface area contributed by atoms with Gasteiger partial charge in [0.1, 0.15) is 0 Å². The lowest BCUT2D eigenvalue weighted by Gasteiger charge is -2.36. The minimum atomic E-state index is 0.452. The predicted molar refractivity (Wildman–Crippen MR) is 59.6 cm³/mol. The summed E-state index contributed by atoms with van der Waals surface area (Å²) >= 11 is 0. The Morgan fingerprint density at radius 2 is 2.36 bits per heavy atom. The normalized spacial score (nSPS) is 26.4. The lowest BCUT2D eigenvalue weighted by atomic mass is 10.1. The molecule has 2 atom stereocenters. The number of likely N-dealkylation sites (N-methyl/N-ethyl adjacent to an activating group) is 1. The zero-order chi connectivity index (χ0) is 10.4. The quantitative estimate of drug-likeness (QED) is 0.719. The summed E-state index contributed by atoms with van der Waals surface area (Å²) in [4.78, 5) is 2.53. The van der Waals surface area contributed by atoms with Gasteiger partial charge in [0, 0.05) is 26.2 Å². The summed E-state index contributed by atoms with van der Waals surface area (Å²) in [7, 11) is 1.82. The first-order valence-electron chi connectivity index (χ1n) is 5.75. The minimum absolute atomic E-state index is 0.452. The van der Waals surface area contributed by atoms with Crippen molar-refractivity contribution in [1.82, 2.24) is 10.2 Å². The van der Waals surface area contributed by atoms with Crippen molar-refractivity contribution >= 4 is 0 Å². The van der Waals surface area contributed by atoms with Crippen molar-refractivity contribution in [2.75, 3.05) is 33.3 Å². The highest BCUT2D eigenvalue weighted by atomic mass is 16.5. The minimum Gasteiger partial charge on any atom is -0.380 e. The van der Waals surface area contributed by atoms with E-state index in [-0.39, 0.29) is 0 Å². The Kier molecular flexibility index (Phi) is 5.45. The van der Waals surface area contributed by atoms with Crippen LogP contribution in [0.5, 0.6) is 0 Å². The molecule has 1 heterocycles. The highest BCUT2D eigenvalue weighted by Crippen LogP contribution is 2.14. The van der Waals surface area contributed by atoms with Crippen LogP contribution >= 0.6 is 0 Å². The van der Waals surface area contributed by atoms with E-state index in [1.54, 1.807) is 0 Å². The Morgan fingerprint density at radius 3 is 3.00 bits per heavy atom. The number of likely N-dealkylation sites (tertiary alicyclic amines) is 1. The van der Waals surface area contributed by atoms with Crippen molar-refractivity contribution in [2.24, 2.45) is 0 Å². The molecule has 84 valence electrons. The number of methoxy groups -OCH3 is 1. The average molecular weight is 200 g/mol. The third kappa shape index (κ3) is 3.56. The number of hydrogen-bond donors (Lipinski definition) is 1. The third-order valence-corrected chi connectivity index (χ3v) is 3.06.